The second kappa shape index (κ2) is 6.46. The minimum atomic E-state index is -0.556. The third-order valence-electron chi connectivity index (χ3n) is 5.11. The molecule has 2 saturated carbocycles. The molecule has 2 aliphatic carbocycles. The van der Waals surface area contributed by atoms with Gasteiger partial charge >= 0.3 is 5.97 Å². The molecule has 2 unspecified atom stereocenters. The molecule has 2 atom stereocenters. The van der Waals surface area contributed by atoms with Crippen molar-refractivity contribution in [2.75, 3.05) is 13.1 Å². The number of rotatable bonds is 7. The van der Waals surface area contributed by atoms with E-state index in [4.69, 9.17) is 0 Å². The molecule has 0 amide bonds. The SMILES string of the molecule is CC(C)CCN(CC1(C(=O)O)CCCC(C)C1)C1CC1. The fourth-order valence-electron chi connectivity index (χ4n) is 3.71. The lowest BCUT2D eigenvalue weighted by Gasteiger charge is -2.40. The van der Waals surface area contributed by atoms with E-state index in [1.54, 1.807) is 0 Å². The number of carboxylic acids is 1. The maximum absolute atomic E-state index is 11.9. The summed E-state index contributed by atoms with van der Waals surface area (Å²) in [7, 11) is 0. The van der Waals surface area contributed by atoms with Crippen molar-refractivity contribution in [2.45, 2.75) is 71.8 Å². The van der Waals surface area contributed by atoms with Crippen LogP contribution in [0.2, 0.25) is 0 Å². The molecule has 0 aliphatic heterocycles. The molecule has 0 radical (unpaired) electrons. The minimum Gasteiger partial charge on any atom is -0.481 e. The molecule has 2 fully saturated rings. The van der Waals surface area contributed by atoms with Gasteiger partial charge in [0.2, 0.25) is 0 Å². The predicted octanol–water partition coefficient (Wildman–Crippen LogP) is 3.78. The van der Waals surface area contributed by atoms with Gasteiger partial charge in [-0.2, -0.15) is 0 Å². The zero-order chi connectivity index (χ0) is 14.8. The van der Waals surface area contributed by atoms with Crippen molar-refractivity contribution in [3.8, 4) is 0 Å². The quantitative estimate of drug-likeness (QED) is 0.772. The summed E-state index contributed by atoms with van der Waals surface area (Å²) >= 11 is 0. The number of carboxylic acid groups (broad SMARTS) is 1. The Bertz CT molecular complexity index is 338. The Morgan fingerprint density at radius 2 is 2.05 bits per heavy atom. The van der Waals surface area contributed by atoms with E-state index in [0.29, 0.717) is 17.9 Å². The first-order valence-corrected chi connectivity index (χ1v) is 8.40. The molecule has 0 spiro atoms. The van der Waals surface area contributed by atoms with Crippen LogP contribution in [0, 0.1) is 17.3 Å². The van der Waals surface area contributed by atoms with Crippen LogP contribution in [0.5, 0.6) is 0 Å². The van der Waals surface area contributed by atoms with Gasteiger partial charge in [0.25, 0.3) is 0 Å². The van der Waals surface area contributed by atoms with Gasteiger partial charge in [0.15, 0.2) is 0 Å². The standard InChI is InChI=1S/C17H31NO2/c1-13(2)8-10-18(15-6-7-15)12-17(16(19)20)9-4-5-14(3)11-17/h13-15H,4-12H2,1-3H3,(H,19,20). The van der Waals surface area contributed by atoms with Gasteiger partial charge < -0.3 is 5.11 Å². The lowest BCUT2D eigenvalue weighted by Crippen LogP contribution is -2.47. The molecule has 0 heterocycles. The van der Waals surface area contributed by atoms with Gasteiger partial charge in [-0.05, 0) is 50.5 Å². The summed E-state index contributed by atoms with van der Waals surface area (Å²) in [4.78, 5) is 14.4. The molecule has 0 aromatic rings. The van der Waals surface area contributed by atoms with Crippen molar-refractivity contribution in [1.29, 1.82) is 0 Å². The van der Waals surface area contributed by atoms with E-state index in [-0.39, 0.29) is 0 Å². The zero-order valence-electron chi connectivity index (χ0n) is 13.4. The monoisotopic (exact) mass is 281 g/mol. The number of hydrogen-bond donors (Lipinski definition) is 1. The van der Waals surface area contributed by atoms with Crippen LogP contribution in [0.4, 0.5) is 0 Å². The molecule has 0 aromatic heterocycles. The second-order valence-corrected chi connectivity index (χ2v) is 7.67. The van der Waals surface area contributed by atoms with E-state index in [0.717, 1.165) is 32.4 Å². The van der Waals surface area contributed by atoms with Crippen molar-refractivity contribution < 1.29 is 9.90 Å². The number of carbonyl (C=O) groups is 1. The van der Waals surface area contributed by atoms with Gasteiger partial charge in [0.1, 0.15) is 0 Å². The van der Waals surface area contributed by atoms with Crippen LogP contribution in [0.15, 0.2) is 0 Å². The van der Waals surface area contributed by atoms with Crippen LogP contribution >= 0.6 is 0 Å². The van der Waals surface area contributed by atoms with E-state index in [1.165, 1.54) is 25.7 Å². The summed E-state index contributed by atoms with van der Waals surface area (Å²) in [6.07, 6.45) is 7.74. The van der Waals surface area contributed by atoms with Crippen LogP contribution in [-0.2, 0) is 4.79 Å². The topological polar surface area (TPSA) is 40.5 Å². The smallest absolute Gasteiger partial charge is 0.310 e. The molecule has 2 aliphatic rings. The van der Waals surface area contributed by atoms with Crippen molar-refractivity contribution in [3.63, 3.8) is 0 Å². The Morgan fingerprint density at radius 3 is 2.55 bits per heavy atom. The third kappa shape index (κ3) is 3.97. The summed E-state index contributed by atoms with van der Waals surface area (Å²) in [6.45, 7) is 8.57. The Morgan fingerprint density at radius 1 is 1.35 bits per heavy atom. The predicted molar refractivity (Wildman–Crippen MR) is 81.8 cm³/mol. The molecule has 0 bridgehead atoms. The van der Waals surface area contributed by atoms with Crippen LogP contribution in [0.3, 0.4) is 0 Å². The minimum absolute atomic E-state index is 0.475. The molecule has 0 saturated heterocycles. The van der Waals surface area contributed by atoms with Gasteiger partial charge in [0, 0.05) is 12.6 Å². The van der Waals surface area contributed by atoms with E-state index < -0.39 is 11.4 Å². The summed E-state index contributed by atoms with van der Waals surface area (Å²) in [6, 6.07) is 0.669. The lowest BCUT2D eigenvalue weighted by atomic mass is 9.69. The number of hydrogen-bond acceptors (Lipinski definition) is 2. The van der Waals surface area contributed by atoms with E-state index in [2.05, 4.69) is 25.7 Å². The van der Waals surface area contributed by atoms with Crippen molar-refractivity contribution >= 4 is 5.97 Å². The maximum Gasteiger partial charge on any atom is 0.310 e. The van der Waals surface area contributed by atoms with E-state index in [1.807, 2.05) is 0 Å². The summed E-state index contributed by atoms with van der Waals surface area (Å²) in [5, 5.41) is 9.81. The van der Waals surface area contributed by atoms with Crippen LogP contribution in [0.25, 0.3) is 0 Å². The normalized spacial score (nSPS) is 30.9. The Hall–Kier alpha value is -0.570. The van der Waals surface area contributed by atoms with Gasteiger partial charge in [-0.15, -0.1) is 0 Å². The van der Waals surface area contributed by atoms with Crippen LogP contribution < -0.4 is 0 Å². The number of aliphatic carboxylic acids is 1. The van der Waals surface area contributed by atoms with Crippen molar-refractivity contribution in [1.82, 2.24) is 4.90 Å². The first-order chi connectivity index (χ1) is 9.43. The average molecular weight is 281 g/mol. The molecule has 0 aromatic carbocycles. The fourth-order valence-corrected chi connectivity index (χ4v) is 3.71. The second-order valence-electron chi connectivity index (χ2n) is 7.67. The van der Waals surface area contributed by atoms with Crippen molar-refractivity contribution in [2.24, 2.45) is 17.3 Å². The first-order valence-electron chi connectivity index (χ1n) is 8.40. The Balaban J connectivity index is 2.02. The zero-order valence-corrected chi connectivity index (χ0v) is 13.4. The lowest BCUT2D eigenvalue weighted by molar-refractivity contribution is -0.153. The molecular formula is C17H31NO2. The third-order valence-corrected chi connectivity index (χ3v) is 5.11. The molecule has 20 heavy (non-hydrogen) atoms. The molecular weight excluding hydrogens is 250 g/mol. The van der Waals surface area contributed by atoms with Crippen molar-refractivity contribution in [3.05, 3.63) is 0 Å². The number of nitrogens with zero attached hydrogens (tertiary/aromatic N) is 1. The molecule has 1 N–H and O–H groups in total. The average Bonchev–Trinajstić information content (AvgIpc) is 3.18. The van der Waals surface area contributed by atoms with Gasteiger partial charge in [-0.1, -0.05) is 33.6 Å². The van der Waals surface area contributed by atoms with Gasteiger partial charge in [-0.25, -0.2) is 0 Å². The summed E-state index contributed by atoms with van der Waals surface area (Å²) < 4.78 is 0. The molecule has 116 valence electrons. The van der Waals surface area contributed by atoms with E-state index >= 15 is 0 Å². The summed E-state index contributed by atoms with van der Waals surface area (Å²) in [5.41, 5.74) is -0.475. The van der Waals surface area contributed by atoms with Crippen LogP contribution in [0.1, 0.15) is 65.7 Å². The molecule has 3 heteroatoms. The van der Waals surface area contributed by atoms with Gasteiger partial charge in [-0.3, -0.25) is 9.69 Å². The highest BCUT2D eigenvalue weighted by Gasteiger charge is 2.45. The highest BCUT2D eigenvalue weighted by atomic mass is 16.4. The summed E-state index contributed by atoms with van der Waals surface area (Å²) in [5.74, 6) is 0.701. The largest absolute Gasteiger partial charge is 0.481 e. The molecule has 2 rings (SSSR count). The Labute approximate surface area is 123 Å². The van der Waals surface area contributed by atoms with E-state index in [9.17, 15) is 9.90 Å². The maximum atomic E-state index is 11.9. The first kappa shape index (κ1) is 15.8. The fraction of sp³-hybridized carbons (Fsp3) is 0.941. The highest BCUT2D eigenvalue weighted by Crippen LogP contribution is 2.42. The van der Waals surface area contributed by atoms with Gasteiger partial charge in [0.05, 0.1) is 5.41 Å². The molecule has 3 nitrogen and oxygen atoms in total. The van der Waals surface area contributed by atoms with Crippen LogP contribution in [-0.4, -0.2) is 35.1 Å². The Kier molecular flexibility index (Phi) is 5.11. The highest BCUT2D eigenvalue weighted by molar-refractivity contribution is 5.75.